The van der Waals surface area contributed by atoms with E-state index in [0.29, 0.717) is 30.0 Å². The molecule has 2 aromatic carbocycles. The quantitative estimate of drug-likeness (QED) is 0.469. The number of nitrogens with zero attached hydrogens (tertiary/aromatic N) is 1. The summed E-state index contributed by atoms with van der Waals surface area (Å²) in [7, 11) is 1.60. The van der Waals surface area contributed by atoms with E-state index in [1.807, 2.05) is 36.4 Å². The zero-order valence-corrected chi connectivity index (χ0v) is 15.3. The van der Waals surface area contributed by atoms with E-state index in [-0.39, 0.29) is 12.5 Å². The Bertz CT molecular complexity index is 880. The Kier molecular flexibility index (Phi) is 6.04. The summed E-state index contributed by atoms with van der Waals surface area (Å²) in [4.78, 5) is 11.9. The first kappa shape index (κ1) is 18.2. The van der Waals surface area contributed by atoms with Crippen molar-refractivity contribution in [2.75, 3.05) is 20.2 Å². The van der Waals surface area contributed by atoms with Crippen LogP contribution < -0.4 is 20.1 Å². The van der Waals surface area contributed by atoms with Crippen LogP contribution in [0.2, 0.25) is 0 Å². The van der Waals surface area contributed by atoms with Gasteiger partial charge in [0.25, 0.3) is 5.01 Å². The Morgan fingerprint density at radius 3 is 2.81 bits per heavy atom. The minimum absolute atomic E-state index is 0.0823. The maximum atomic E-state index is 12.3. The Labute approximate surface area is 156 Å². The summed E-state index contributed by atoms with van der Waals surface area (Å²) >= 11 is 1.42. The second-order valence-electron chi connectivity index (χ2n) is 5.81. The van der Waals surface area contributed by atoms with E-state index >= 15 is 0 Å². The van der Waals surface area contributed by atoms with Crippen molar-refractivity contribution in [3.8, 4) is 5.75 Å². The molecule has 0 aliphatic carbocycles. The Morgan fingerprint density at radius 1 is 1.23 bits per heavy atom. The molecule has 0 saturated heterocycles. The van der Waals surface area contributed by atoms with Crippen molar-refractivity contribution in [3.63, 3.8) is 0 Å². The highest BCUT2D eigenvalue weighted by atomic mass is 32.1. The van der Waals surface area contributed by atoms with E-state index in [4.69, 9.17) is 4.74 Å². The van der Waals surface area contributed by atoms with Gasteiger partial charge in [-0.2, -0.15) is 4.73 Å². The first-order chi connectivity index (χ1) is 12.7. The minimum atomic E-state index is -0.0823. The maximum absolute atomic E-state index is 12.3. The molecular formula is C19H21N3O3S. The standard InChI is InChI=1S/C19H21N3O3S/c1-25-15-7-8-16-17(11-15)26-19(22(16)24)9-10-21-18(23)13-20-12-14-5-3-2-4-6-14/h2-8,11,20H,9-10,12-13H2,1H3,(H,21,23). The number of fused-ring (bicyclic) bond motifs is 1. The molecule has 3 aromatic rings. The third-order valence-electron chi connectivity index (χ3n) is 3.96. The average Bonchev–Trinajstić information content (AvgIpc) is 2.98. The van der Waals surface area contributed by atoms with E-state index in [9.17, 15) is 10.0 Å². The van der Waals surface area contributed by atoms with Gasteiger partial charge in [0, 0.05) is 25.2 Å². The highest BCUT2D eigenvalue weighted by Crippen LogP contribution is 2.24. The largest absolute Gasteiger partial charge is 0.617 e. The molecule has 1 heterocycles. The molecule has 0 aliphatic rings. The minimum Gasteiger partial charge on any atom is -0.617 e. The number of benzene rings is 2. The van der Waals surface area contributed by atoms with Gasteiger partial charge in [0.05, 0.1) is 20.1 Å². The molecule has 26 heavy (non-hydrogen) atoms. The summed E-state index contributed by atoms with van der Waals surface area (Å²) in [6.45, 7) is 1.32. The Balaban J connectivity index is 1.46. The number of hydrogen-bond acceptors (Lipinski definition) is 5. The summed E-state index contributed by atoms with van der Waals surface area (Å²) in [5.74, 6) is 0.643. The van der Waals surface area contributed by atoms with Gasteiger partial charge in [-0.1, -0.05) is 41.7 Å². The van der Waals surface area contributed by atoms with Crippen LogP contribution in [0.15, 0.2) is 48.5 Å². The lowest BCUT2D eigenvalue weighted by Crippen LogP contribution is -2.36. The van der Waals surface area contributed by atoms with Crippen molar-refractivity contribution in [2.45, 2.75) is 13.0 Å². The Morgan fingerprint density at radius 2 is 2.04 bits per heavy atom. The third-order valence-corrected chi connectivity index (χ3v) is 5.11. The van der Waals surface area contributed by atoms with Gasteiger partial charge in [0.2, 0.25) is 11.4 Å². The predicted molar refractivity (Wildman–Crippen MR) is 102 cm³/mol. The number of hydrogen-bond donors (Lipinski definition) is 2. The average molecular weight is 371 g/mol. The van der Waals surface area contributed by atoms with Crippen LogP contribution in [-0.2, 0) is 17.8 Å². The van der Waals surface area contributed by atoms with E-state index in [1.54, 1.807) is 19.2 Å². The van der Waals surface area contributed by atoms with Gasteiger partial charge in [-0.3, -0.25) is 4.79 Å². The van der Waals surface area contributed by atoms with Crippen LogP contribution in [0.25, 0.3) is 10.2 Å². The summed E-state index contributed by atoms with van der Waals surface area (Å²) in [5.41, 5.74) is 1.76. The van der Waals surface area contributed by atoms with Gasteiger partial charge in [-0.25, -0.2) is 0 Å². The lowest BCUT2D eigenvalue weighted by atomic mass is 10.2. The van der Waals surface area contributed by atoms with Crippen LogP contribution in [0.1, 0.15) is 10.6 Å². The molecule has 136 valence electrons. The van der Waals surface area contributed by atoms with Crippen molar-refractivity contribution in [3.05, 3.63) is 64.3 Å². The highest BCUT2D eigenvalue weighted by Gasteiger charge is 2.16. The number of carbonyl (C=O) groups excluding carboxylic acids is 1. The van der Waals surface area contributed by atoms with Crippen molar-refractivity contribution < 1.29 is 14.3 Å². The fraction of sp³-hybridized carbons (Fsp3) is 0.263. The fourth-order valence-electron chi connectivity index (χ4n) is 2.61. The van der Waals surface area contributed by atoms with Crippen LogP contribution in [0.4, 0.5) is 0 Å². The second kappa shape index (κ2) is 8.64. The lowest BCUT2D eigenvalue weighted by Gasteiger charge is -2.06. The third kappa shape index (κ3) is 4.50. The van der Waals surface area contributed by atoms with Gasteiger partial charge in [0.15, 0.2) is 0 Å². The number of carbonyl (C=O) groups is 1. The smallest absolute Gasteiger partial charge is 0.251 e. The topological polar surface area (TPSA) is 77.3 Å². The van der Waals surface area contributed by atoms with Gasteiger partial charge in [-0.15, -0.1) is 0 Å². The van der Waals surface area contributed by atoms with E-state index < -0.39 is 0 Å². The number of amides is 1. The van der Waals surface area contributed by atoms with E-state index in [2.05, 4.69) is 10.6 Å². The van der Waals surface area contributed by atoms with Crippen LogP contribution in [-0.4, -0.2) is 26.1 Å². The summed E-state index contributed by atoms with van der Waals surface area (Å²) in [6, 6.07) is 15.3. The van der Waals surface area contributed by atoms with Crippen molar-refractivity contribution in [1.29, 1.82) is 0 Å². The number of thiazole rings is 1. The van der Waals surface area contributed by atoms with Gasteiger partial charge in [0.1, 0.15) is 10.4 Å². The lowest BCUT2D eigenvalue weighted by molar-refractivity contribution is -0.580. The SMILES string of the molecule is COc1ccc2c(c1)sc(CCNC(=O)CNCc1ccccc1)[n+]2[O-]. The first-order valence-electron chi connectivity index (χ1n) is 8.37. The monoisotopic (exact) mass is 371 g/mol. The molecule has 2 N–H and O–H groups in total. The molecule has 0 radical (unpaired) electrons. The molecule has 0 spiro atoms. The second-order valence-corrected chi connectivity index (χ2v) is 6.93. The van der Waals surface area contributed by atoms with Crippen molar-refractivity contribution >= 4 is 27.5 Å². The summed E-state index contributed by atoms with van der Waals surface area (Å²) < 4.78 is 6.99. The van der Waals surface area contributed by atoms with Crippen LogP contribution in [0.5, 0.6) is 5.75 Å². The van der Waals surface area contributed by atoms with E-state index in [0.717, 1.165) is 20.7 Å². The zero-order valence-electron chi connectivity index (χ0n) is 14.5. The van der Waals surface area contributed by atoms with E-state index in [1.165, 1.54) is 11.3 Å². The number of nitrogens with one attached hydrogen (secondary N) is 2. The summed E-state index contributed by atoms with van der Waals surface area (Å²) in [6.07, 6.45) is 0.496. The maximum Gasteiger partial charge on any atom is 0.251 e. The van der Waals surface area contributed by atoms with Crippen LogP contribution in [0.3, 0.4) is 0 Å². The number of rotatable bonds is 8. The van der Waals surface area contributed by atoms with Crippen LogP contribution in [0, 0.1) is 5.21 Å². The molecule has 0 aliphatic heterocycles. The molecule has 7 heteroatoms. The Hall–Kier alpha value is -2.64. The molecule has 0 atom stereocenters. The fourth-order valence-corrected chi connectivity index (χ4v) is 3.68. The molecule has 3 rings (SSSR count). The molecule has 1 amide bonds. The van der Waals surface area contributed by atoms with Crippen molar-refractivity contribution in [1.82, 2.24) is 10.6 Å². The molecule has 0 unspecified atom stereocenters. The van der Waals surface area contributed by atoms with Gasteiger partial charge in [-0.05, 0) is 11.6 Å². The van der Waals surface area contributed by atoms with Crippen LogP contribution >= 0.6 is 11.3 Å². The first-order valence-corrected chi connectivity index (χ1v) is 9.19. The molecule has 6 nitrogen and oxygen atoms in total. The molecule has 0 saturated carbocycles. The molecule has 0 bridgehead atoms. The molecule has 1 aromatic heterocycles. The normalized spacial score (nSPS) is 10.8. The summed E-state index contributed by atoms with van der Waals surface area (Å²) in [5, 5.41) is 18.9. The van der Waals surface area contributed by atoms with Gasteiger partial charge < -0.3 is 20.6 Å². The zero-order chi connectivity index (χ0) is 18.4. The van der Waals surface area contributed by atoms with Crippen molar-refractivity contribution in [2.24, 2.45) is 0 Å². The van der Waals surface area contributed by atoms with Gasteiger partial charge >= 0.3 is 0 Å². The predicted octanol–water partition coefficient (Wildman–Crippen LogP) is 1.99. The molecular weight excluding hydrogens is 350 g/mol. The number of methoxy groups -OCH3 is 1. The highest BCUT2D eigenvalue weighted by molar-refractivity contribution is 7.18. The molecule has 0 fully saturated rings. The number of ether oxygens (including phenoxy) is 1. The number of aromatic nitrogens is 1.